The lowest BCUT2D eigenvalue weighted by Gasteiger charge is -2.29. The highest BCUT2D eigenvalue weighted by molar-refractivity contribution is 5.68. The van der Waals surface area contributed by atoms with E-state index in [2.05, 4.69) is 4.74 Å². The quantitative estimate of drug-likeness (QED) is 0.775. The maximum atomic E-state index is 13.5. The second-order valence-corrected chi connectivity index (χ2v) is 3.83. The molecule has 0 aromatic heterocycles. The highest BCUT2D eigenvalue weighted by Crippen LogP contribution is 2.29. The van der Waals surface area contributed by atoms with Gasteiger partial charge in [-0.2, -0.15) is 0 Å². The first-order chi connectivity index (χ1) is 8.79. The molecule has 0 amide bonds. The molecule has 0 unspecified atom stereocenters. The average Bonchev–Trinajstić information content (AvgIpc) is 2.31. The third-order valence-corrected chi connectivity index (χ3v) is 2.41. The van der Waals surface area contributed by atoms with E-state index in [0.717, 1.165) is 18.2 Å². The van der Waals surface area contributed by atoms with Crippen LogP contribution in [0.15, 0.2) is 18.2 Å². The van der Waals surface area contributed by atoms with Gasteiger partial charge in [0.15, 0.2) is 11.6 Å². The van der Waals surface area contributed by atoms with Gasteiger partial charge in [0.25, 0.3) is 6.43 Å². The number of halogens is 4. The normalized spacial score (nSPS) is 14.4. The van der Waals surface area contributed by atoms with Crippen LogP contribution in [0, 0.1) is 11.6 Å². The molecular weight excluding hydrogens is 270 g/mol. The minimum atomic E-state index is -3.27. The topological polar surface area (TPSA) is 72.5 Å². The largest absolute Gasteiger partial charge is 0.480 e. The maximum Gasteiger partial charge on any atom is 0.329 e. The number of ether oxygens (including phenoxy) is 1. The van der Waals surface area contributed by atoms with Gasteiger partial charge in [0, 0.05) is 5.56 Å². The Morgan fingerprint density at radius 2 is 2.05 bits per heavy atom. The molecule has 19 heavy (non-hydrogen) atoms. The fraction of sp³-hybridized carbons (Fsp3) is 0.364. The van der Waals surface area contributed by atoms with Gasteiger partial charge in [0.1, 0.15) is 12.1 Å². The van der Waals surface area contributed by atoms with Crippen molar-refractivity contribution in [3.8, 4) is 0 Å². The molecule has 8 heteroatoms. The number of carbonyl (C=O) groups is 1. The van der Waals surface area contributed by atoms with Crippen LogP contribution < -0.4 is 5.73 Å². The number of benzene rings is 1. The molecule has 0 aliphatic heterocycles. The summed E-state index contributed by atoms with van der Waals surface area (Å²) in [6, 6.07) is 2.67. The molecule has 1 rings (SSSR count). The van der Waals surface area contributed by atoms with E-state index in [1.807, 2.05) is 0 Å². The van der Waals surface area contributed by atoms with E-state index in [-0.39, 0.29) is 0 Å². The van der Waals surface area contributed by atoms with Gasteiger partial charge in [0.2, 0.25) is 0 Å². The van der Waals surface area contributed by atoms with Crippen molar-refractivity contribution in [3.05, 3.63) is 35.4 Å². The van der Waals surface area contributed by atoms with Crippen LogP contribution in [-0.2, 0) is 15.1 Å². The third kappa shape index (κ3) is 3.42. The molecule has 106 valence electrons. The first kappa shape index (κ1) is 15.4. The molecule has 3 N–H and O–H groups in total. The fourth-order valence-electron chi connectivity index (χ4n) is 1.43. The van der Waals surface area contributed by atoms with Crippen molar-refractivity contribution in [2.75, 3.05) is 13.2 Å². The van der Waals surface area contributed by atoms with Crippen LogP contribution >= 0.6 is 0 Å². The highest BCUT2D eigenvalue weighted by Gasteiger charge is 2.41. The van der Waals surface area contributed by atoms with Gasteiger partial charge in [-0.15, -0.1) is 0 Å². The predicted molar refractivity (Wildman–Crippen MR) is 56.7 cm³/mol. The average molecular weight is 281 g/mol. The van der Waals surface area contributed by atoms with Crippen molar-refractivity contribution in [1.82, 2.24) is 0 Å². The van der Waals surface area contributed by atoms with Crippen molar-refractivity contribution in [3.63, 3.8) is 0 Å². The summed E-state index contributed by atoms with van der Waals surface area (Å²) in [5.41, 5.74) is 1.95. The Labute approximate surface area is 105 Å². The van der Waals surface area contributed by atoms with Crippen LogP contribution in [0.4, 0.5) is 17.6 Å². The predicted octanol–water partition coefficient (Wildman–Crippen LogP) is 1.49. The molecule has 0 aliphatic rings. The minimum Gasteiger partial charge on any atom is -0.480 e. The lowest BCUT2D eigenvalue weighted by atomic mass is 9.91. The zero-order valence-electron chi connectivity index (χ0n) is 9.58. The Hall–Kier alpha value is -1.67. The number of hydrogen-bond donors (Lipinski definition) is 2. The molecule has 0 bridgehead atoms. The highest BCUT2D eigenvalue weighted by atomic mass is 19.3. The van der Waals surface area contributed by atoms with Gasteiger partial charge in [-0.05, 0) is 6.07 Å². The van der Waals surface area contributed by atoms with Gasteiger partial charge in [-0.3, -0.25) is 0 Å². The lowest BCUT2D eigenvalue weighted by molar-refractivity contribution is -0.143. The van der Waals surface area contributed by atoms with Crippen molar-refractivity contribution >= 4 is 5.97 Å². The summed E-state index contributed by atoms with van der Waals surface area (Å²) in [7, 11) is 0. The van der Waals surface area contributed by atoms with Crippen LogP contribution in [0.1, 0.15) is 5.56 Å². The van der Waals surface area contributed by atoms with Crippen LogP contribution in [0.2, 0.25) is 0 Å². The number of alkyl halides is 2. The van der Waals surface area contributed by atoms with Crippen molar-refractivity contribution in [1.29, 1.82) is 0 Å². The first-order valence-corrected chi connectivity index (χ1v) is 5.10. The number of hydrogen-bond acceptors (Lipinski definition) is 3. The number of nitrogens with two attached hydrogens (primary N) is 1. The van der Waals surface area contributed by atoms with E-state index in [9.17, 15) is 22.4 Å². The second-order valence-electron chi connectivity index (χ2n) is 3.83. The van der Waals surface area contributed by atoms with Gasteiger partial charge in [-0.25, -0.2) is 22.4 Å². The van der Waals surface area contributed by atoms with E-state index in [4.69, 9.17) is 10.8 Å². The summed E-state index contributed by atoms with van der Waals surface area (Å²) in [5, 5.41) is 8.33. The van der Waals surface area contributed by atoms with E-state index >= 15 is 0 Å². The molecule has 0 heterocycles. The van der Waals surface area contributed by atoms with Gasteiger partial charge in [-0.1, -0.05) is 12.1 Å². The number of aliphatic carboxylic acids is 1. The summed E-state index contributed by atoms with van der Waals surface area (Å²) < 4.78 is 56.9. The van der Waals surface area contributed by atoms with E-state index in [1.165, 1.54) is 0 Å². The van der Waals surface area contributed by atoms with Crippen LogP contribution in [0.3, 0.4) is 0 Å². The van der Waals surface area contributed by atoms with Crippen LogP contribution in [-0.4, -0.2) is 30.7 Å². The van der Waals surface area contributed by atoms with Gasteiger partial charge < -0.3 is 15.6 Å². The standard InChI is InChI=1S/C11H11F4NO3/c12-7-3-1-2-6(9(7)13)11(16,10(14)15)5-19-4-8(17)18/h1-3,10H,4-5,16H2,(H,17,18)/t11-/m0/s1. The monoisotopic (exact) mass is 281 g/mol. The number of carboxylic acids is 1. The van der Waals surface area contributed by atoms with Crippen molar-refractivity contribution in [2.24, 2.45) is 5.73 Å². The molecular formula is C11H11F4NO3. The fourth-order valence-corrected chi connectivity index (χ4v) is 1.43. The zero-order valence-corrected chi connectivity index (χ0v) is 9.58. The van der Waals surface area contributed by atoms with Crippen LogP contribution in [0.5, 0.6) is 0 Å². The molecule has 1 aromatic rings. The summed E-state index contributed by atoms with van der Waals surface area (Å²) in [4.78, 5) is 10.2. The summed E-state index contributed by atoms with van der Waals surface area (Å²) in [5.74, 6) is -4.23. The summed E-state index contributed by atoms with van der Waals surface area (Å²) in [6.07, 6.45) is -3.27. The van der Waals surface area contributed by atoms with Crippen molar-refractivity contribution in [2.45, 2.75) is 12.0 Å². The SMILES string of the molecule is N[C@@](COCC(=O)O)(c1cccc(F)c1F)C(F)F. The Morgan fingerprint density at radius 3 is 2.58 bits per heavy atom. The Kier molecular flexibility index (Phi) is 4.84. The lowest BCUT2D eigenvalue weighted by Crippen LogP contribution is -2.49. The Balaban J connectivity index is 3.04. The maximum absolute atomic E-state index is 13.5. The molecule has 0 saturated heterocycles. The molecule has 0 spiro atoms. The first-order valence-electron chi connectivity index (χ1n) is 5.10. The smallest absolute Gasteiger partial charge is 0.329 e. The minimum absolute atomic E-state index is 0.753. The van der Waals surface area contributed by atoms with Crippen molar-refractivity contribution < 1.29 is 32.2 Å². The van der Waals surface area contributed by atoms with Crippen LogP contribution in [0.25, 0.3) is 0 Å². The molecule has 4 nitrogen and oxygen atoms in total. The molecule has 0 saturated carbocycles. The number of carboxylic acid groups (broad SMARTS) is 1. The third-order valence-electron chi connectivity index (χ3n) is 2.41. The summed E-state index contributed by atoms with van der Waals surface area (Å²) in [6.45, 7) is -1.83. The zero-order chi connectivity index (χ0) is 14.6. The van der Waals surface area contributed by atoms with E-state index in [1.54, 1.807) is 0 Å². The molecule has 0 aliphatic carbocycles. The van der Waals surface area contributed by atoms with E-state index < -0.39 is 48.3 Å². The van der Waals surface area contributed by atoms with E-state index in [0.29, 0.717) is 0 Å². The molecule has 1 atom stereocenters. The van der Waals surface area contributed by atoms with Gasteiger partial charge in [0.05, 0.1) is 6.61 Å². The number of rotatable bonds is 6. The van der Waals surface area contributed by atoms with Gasteiger partial charge >= 0.3 is 5.97 Å². The Morgan fingerprint density at radius 1 is 1.42 bits per heavy atom. The second kappa shape index (κ2) is 5.98. The Bertz CT molecular complexity index is 469. The molecule has 0 fully saturated rings. The summed E-state index contributed by atoms with van der Waals surface area (Å²) >= 11 is 0. The molecule has 1 aromatic carbocycles. The molecule has 0 radical (unpaired) electrons.